The van der Waals surface area contributed by atoms with Gasteiger partial charge in [0.2, 0.25) is 0 Å². The van der Waals surface area contributed by atoms with E-state index in [0.29, 0.717) is 18.7 Å². The molecule has 0 radical (unpaired) electrons. The van der Waals surface area contributed by atoms with Gasteiger partial charge in [-0.15, -0.1) is 0 Å². The molecule has 3 nitrogen and oxygen atoms in total. The summed E-state index contributed by atoms with van der Waals surface area (Å²) in [4.78, 5) is 12.7. The molecule has 25 heavy (non-hydrogen) atoms. The number of carbonyl (C=O) groups is 1. The lowest BCUT2D eigenvalue weighted by atomic mass is 10.0. The normalized spacial score (nSPS) is 11.3. The van der Waals surface area contributed by atoms with Crippen LogP contribution in [0.5, 0.6) is 0 Å². The number of ether oxygens (including phenoxy) is 1. The second-order valence-corrected chi connectivity index (χ2v) is 5.91. The minimum atomic E-state index is -0.0522. The van der Waals surface area contributed by atoms with E-state index in [1.165, 1.54) is 0 Å². The summed E-state index contributed by atoms with van der Waals surface area (Å²) in [7, 11) is 0. The van der Waals surface area contributed by atoms with Gasteiger partial charge in [0.1, 0.15) is 0 Å². The van der Waals surface area contributed by atoms with E-state index in [0.717, 1.165) is 37.0 Å². The lowest BCUT2D eigenvalue weighted by molar-refractivity contribution is -0.115. The Morgan fingerprint density at radius 1 is 0.960 bits per heavy atom. The molecule has 0 aliphatic carbocycles. The molecule has 0 aliphatic heterocycles. The Morgan fingerprint density at radius 3 is 2.28 bits per heavy atom. The zero-order chi connectivity index (χ0) is 17.7. The van der Waals surface area contributed by atoms with E-state index < -0.39 is 0 Å². The molecule has 0 aliphatic rings. The number of benzene rings is 2. The maximum Gasteiger partial charge on any atom is 0.251 e. The molecule has 0 fully saturated rings. The van der Waals surface area contributed by atoms with Gasteiger partial charge in [0.05, 0.1) is 0 Å². The first-order valence-corrected chi connectivity index (χ1v) is 8.99. The molecule has 0 aromatic heterocycles. The predicted molar refractivity (Wildman–Crippen MR) is 104 cm³/mol. The summed E-state index contributed by atoms with van der Waals surface area (Å²) in [6.07, 6.45) is 4.98. The number of hydrogen-bond donors (Lipinski definition) is 1. The van der Waals surface area contributed by atoms with Gasteiger partial charge in [-0.25, -0.2) is 0 Å². The number of amides is 1. The molecule has 3 heteroatoms. The second-order valence-electron chi connectivity index (χ2n) is 5.91. The standard InChI is InChI=1S/C22H27NO2/c1-2-3-16-25-17-10-15-23-22(24)21(20-13-8-5-9-14-20)18-19-11-6-4-7-12-19/h4-9,11-14,18H,2-3,10,15-17H2,1H3,(H,23,24). The van der Waals surface area contributed by atoms with Crippen molar-refractivity contribution < 1.29 is 9.53 Å². The van der Waals surface area contributed by atoms with Crippen LogP contribution in [0, 0.1) is 0 Å². The fraction of sp³-hybridized carbons (Fsp3) is 0.318. The lowest BCUT2D eigenvalue weighted by Crippen LogP contribution is -2.26. The van der Waals surface area contributed by atoms with Crippen molar-refractivity contribution in [3.63, 3.8) is 0 Å². The van der Waals surface area contributed by atoms with Crippen molar-refractivity contribution in [1.29, 1.82) is 0 Å². The van der Waals surface area contributed by atoms with Crippen molar-refractivity contribution in [3.05, 3.63) is 71.8 Å². The Kier molecular flexibility index (Phi) is 8.50. The number of carbonyl (C=O) groups excluding carboxylic acids is 1. The minimum Gasteiger partial charge on any atom is -0.381 e. The molecule has 1 amide bonds. The fourth-order valence-electron chi connectivity index (χ4n) is 2.43. The van der Waals surface area contributed by atoms with Gasteiger partial charge in [-0.1, -0.05) is 74.0 Å². The predicted octanol–water partition coefficient (Wildman–Crippen LogP) is 4.55. The quantitative estimate of drug-likeness (QED) is 0.392. The molecule has 0 saturated heterocycles. The molecule has 132 valence electrons. The van der Waals surface area contributed by atoms with Crippen molar-refractivity contribution in [2.24, 2.45) is 0 Å². The average molecular weight is 337 g/mol. The van der Waals surface area contributed by atoms with Gasteiger partial charge < -0.3 is 10.1 Å². The molecule has 0 saturated carbocycles. The summed E-state index contributed by atoms with van der Waals surface area (Å²) in [5, 5.41) is 3.01. The smallest absolute Gasteiger partial charge is 0.251 e. The molecule has 0 unspecified atom stereocenters. The summed E-state index contributed by atoms with van der Waals surface area (Å²) in [6, 6.07) is 19.7. The highest BCUT2D eigenvalue weighted by atomic mass is 16.5. The molecular formula is C22H27NO2. The molecule has 2 aromatic carbocycles. The number of hydrogen-bond acceptors (Lipinski definition) is 2. The second kappa shape index (κ2) is 11.2. The highest BCUT2D eigenvalue weighted by Gasteiger charge is 2.11. The van der Waals surface area contributed by atoms with E-state index in [2.05, 4.69) is 12.2 Å². The molecule has 2 rings (SSSR count). The van der Waals surface area contributed by atoms with Crippen LogP contribution in [0.1, 0.15) is 37.3 Å². The summed E-state index contributed by atoms with van der Waals surface area (Å²) >= 11 is 0. The van der Waals surface area contributed by atoms with E-state index in [1.807, 2.05) is 66.7 Å². The van der Waals surface area contributed by atoms with Crippen molar-refractivity contribution in [1.82, 2.24) is 5.32 Å². The van der Waals surface area contributed by atoms with Gasteiger partial charge in [-0.2, -0.15) is 0 Å². The summed E-state index contributed by atoms with van der Waals surface area (Å²) in [5.74, 6) is -0.0522. The molecule has 0 bridgehead atoms. The zero-order valence-corrected chi connectivity index (χ0v) is 14.9. The topological polar surface area (TPSA) is 38.3 Å². The third-order valence-corrected chi connectivity index (χ3v) is 3.83. The Balaban J connectivity index is 1.96. The van der Waals surface area contributed by atoms with Gasteiger partial charge in [0, 0.05) is 25.3 Å². The van der Waals surface area contributed by atoms with E-state index in [4.69, 9.17) is 4.74 Å². The SMILES string of the molecule is CCCCOCCCNC(=O)C(=Cc1ccccc1)c1ccccc1. The van der Waals surface area contributed by atoms with E-state index >= 15 is 0 Å². The average Bonchev–Trinajstić information content (AvgIpc) is 2.67. The molecule has 0 heterocycles. The molecule has 2 aromatic rings. The van der Waals surface area contributed by atoms with Crippen LogP contribution in [0.25, 0.3) is 11.6 Å². The monoisotopic (exact) mass is 337 g/mol. The maximum atomic E-state index is 12.7. The Morgan fingerprint density at radius 2 is 1.60 bits per heavy atom. The van der Waals surface area contributed by atoms with Crippen LogP contribution in [0.3, 0.4) is 0 Å². The van der Waals surface area contributed by atoms with Gasteiger partial charge in [-0.3, -0.25) is 4.79 Å². The number of unbranched alkanes of at least 4 members (excludes halogenated alkanes) is 1. The third-order valence-electron chi connectivity index (χ3n) is 3.83. The lowest BCUT2D eigenvalue weighted by Gasteiger charge is -2.10. The first-order valence-electron chi connectivity index (χ1n) is 8.99. The van der Waals surface area contributed by atoms with Crippen LogP contribution in [0.4, 0.5) is 0 Å². The Hall–Kier alpha value is -2.39. The van der Waals surface area contributed by atoms with E-state index in [9.17, 15) is 4.79 Å². The van der Waals surface area contributed by atoms with Gasteiger partial charge >= 0.3 is 0 Å². The van der Waals surface area contributed by atoms with Crippen LogP contribution in [0.2, 0.25) is 0 Å². The molecular weight excluding hydrogens is 310 g/mol. The number of nitrogens with one attached hydrogen (secondary N) is 1. The molecule has 1 N–H and O–H groups in total. The Labute approximate surface area is 150 Å². The zero-order valence-electron chi connectivity index (χ0n) is 14.9. The van der Waals surface area contributed by atoms with Crippen molar-refractivity contribution >= 4 is 17.6 Å². The van der Waals surface area contributed by atoms with E-state index in [1.54, 1.807) is 0 Å². The summed E-state index contributed by atoms with van der Waals surface area (Å²) in [6.45, 7) is 4.24. The number of rotatable bonds is 10. The van der Waals surface area contributed by atoms with Crippen LogP contribution in [0.15, 0.2) is 60.7 Å². The van der Waals surface area contributed by atoms with Crippen LogP contribution >= 0.6 is 0 Å². The largest absolute Gasteiger partial charge is 0.381 e. The van der Waals surface area contributed by atoms with Crippen molar-refractivity contribution in [2.75, 3.05) is 19.8 Å². The first-order chi connectivity index (χ1) is 12.3. The highest BCUT2D eigenvalue weighted by Crippen LogP contribution is 2.18. The van der Waals surface area contributed by atoms with Crippen LogP contribution in [-0.4, -0.2) is 25.7 Å². The summed E-state index contributed by atoms with van der Waals surface area (Å²) < 4.78 is 5.53. The van der Waals surface area contributed by atoms with Gasteiger partial charge in [-0.05, 0) is 30.0 Å². The fourth-order valence-corrected chi connectivity index (χ4v) is 2.43. The van der Waals surface area contributed by atoms with Crippen LogP contribution < -0.4 is 5.32 Å². The minimum absolute atomic E-state index is 0.0522. The maximum absolute atomic E-state index is 12.7. The van der Waals surface area contributed by atoms with Gasteiger partial charge in [0.25, 0.3) is 5.91 Å². The highest BCUT2D eigenvalue weighted by molar-refractivity contribution is 6.24. The van der Waals surface area contributed by atoms with Crippen LogP contribution in [-0.2, 0) is 9.53 Å². The summed E-state index contributed by atoms with van der Waals surface area (Å²) in [5.41, 5.74) is 2.61. The molecule has 0 spiro atoms. The van der Waals surface area contributed by atoms with E-state index in [-0.39, 0.29) is 5.91 Å². The van der Waals surface area contributed by atoms with Crippen molar-refractivity contribution in [2.45, 2.75) is 26.2 Å². The first kappa shape index (κ1) is 18.9. The molecule has 0 atom stereocenters. The van der Waals surface area contributed by atoms with Gasteiger partial charge in [0.15, 0.2) is 0 Å². The third kappa shape index (κ3) is 6.94. The Bertz CT molecular complexity index is 650. The van der Waals surface area contributed by atoms with Crippen molar-refractivity contribution in [3.8, 4) is 0 Å².